The number of Topliss-reactive ketones (excluding diaryl/α,β-unsaturated/α-hetero) is 1. The van der Waals surface area contributed by atoms with Gasteiger partial charge in [0.1, 0.15) is 0 Å². The van der Waals surface area contributed by atoms with E-state index in [-0.39, 0.29) is 12.4 Å². The molecule has 4 nitrogen and oxygen atoms in total. The summed E-state index contributed by atoms with van der Waals surface area (Å²) in [4.78, 5) is 27.5. The highest BCUT2D eigenvalue weighted by molar-refractivity contribution is 9.10. The number of hydrogen-bond donors (Lipinski definition) is 1. The highest BCUT2D eigenvalue weighted by atomic mass is 79.9. The van der Waals surface area contributed by atoms with Crippen molar-refractivity contribution in [1.29, 1.82) is 0 Å². The normalized spacial score (nSPS) is 10.8. The lowest BCUT2D eigenvalue weighted by Crippen LogP contribution is -2.14. The van der Waals surface area contributed by atoms with Gasteiger partial charge < -0.3 is 9.72 Å². The number of carbonyl (C=O) groups is 2. The predicted octanol–water partition coefficient (Wildman–Crippen LogP) is 4.53. The molecular weight excluding hydrogens is 370 g/mol. The Labute approximate surface area is 148 Å². The second-order valence-electron chi connectivity index (χ2n) is 5.40. The maximum Gasteiger partial charge on any atom is 0.338 e. The topological polar surface area (TPSA) is 59.2 Å². The van der Waals surface area contributed by atoms with Crippen LogP contribution in [0.1, 0.15) is 33.2 Å². The SMILES string of the molecule is CCc1cccc2c(C(=O)COC(=O)c3ccc(Br)cc3)c[nH]c12. The van der Waals surface area contributed by atoms with E-state index >= 15 is 0 Å². The lowest BCUT2D eigenvalue weighted by Gasteiger charge is -2.04. The predicted molar refractivity (Wildman–Crippen MR) is 96.4 cm³/mol. The summed E-state index contributed by atoms with van der Waals surface area (Å²) in [7, 11) is 0. The molecule has 0 bridgehead atoms. The number of aryl methyl sites for hydroxylation is 1. The number of para-hydroxylation sites is 1. The molecular formula is C19H16BrNO3. The lowest BCUT2D eigenvalue weighted by molar-refractivity contribution is 0.0475. The Hall–Kier alpha value is -2.40. The van der Waals surface area contributed by atoms with Gasteiger partial charge in [0.25, 0.3) is 0 Å². The molecule has 0 saturated heterocycles. The molecule has 0 atom stereocenters. The zero-order chi connectivity index (χ0) is 17.1. The van der Waals surface area contributed by atoms with Gasteiger partial charge in [-0.25, -0.2) is 4.79 Å². The first-order valence-corrected chi connectivity index (χ1v) is 8.44. The Kier molecular flexibility index (Phi) is 4.81. The third kappa shape index (κ3) is 3.26. The van der Waals surface area contributed by atoms with Crippen LogP contribution in [0.3, 0.4) is 0 Å². The Morgan fingerprint density at radius 3 is 2.58 bits per heavy atom. The molecule has 0 amide bonds. The van der Waals surface area contributed by atoms with Crippen molar-refractivity contribution < 1.29 is 14.3 Å². The van der Waals surface area contributed by atoms with Crippen molar-refractivity contribution in [2.45, 2.75) is 13.3 Å². The smallest absolute Gasteiger partial charge is 0.338 e. The number of halogens is 1. The number of H-pyrrole nitrogens is 1. The number of esters is 1. The molecule has 0 aliphatic heterocycles. The van der Waals surface area contributed by atoms with E-state index in [1.165, 1.54) is 0 Å². The molecule has 1 N–H and O–H groups in total. The number of aromatic amines is 1. The van der Waals surface area contributed by atoms with Gasteiger partial charge in [-0.2, -0.15) is 0 Å². The Balaban J connectivity index is 1.74. The molecule has 0 saturated carbocycles. The third-order valence-electron chi connectivity index (χ3n) is 3.90. The first-order valence-electron chi connectivity index (χ1n) is 7.65. The summed E-state index contributed by atoms with van der Waals surface area (Å²) in [6.45, 7) is 1.79. The summed E-state index contributed by atoms with van der Waals surface area (Å²) in [5.41, 5.74) is 3.07. The van der Waals surface area contributed by atoms with Crippen LogP contribution < -0.4 is 0 Å². The van der Waals surface area contributed by atoms with Crippen molar-refractivity contribution in [2.75, 3.05) is 6.61 Å². The van der Waals surface area contributed by atoms with Crippen LogP contribution in [0.25, 0.3) is 10.9 Å². The number of nitrogens with one attached hydrogen (secondary N) is 1. The van der Waals surface area contributed by atoms with Crippen molar-refractivity contribution in [1.82, 2.24) is 4.98 Å². The summed E-state index contributed by atoms with van der Waals surface area (Å²) in [6.07, 6.45) is 2.56. The van der Waals surface area contributed by atoms with E-state index in [0.29, 0.717) is 11.1 Å². The average molecular weight is 386 g/mol. The second-order valence-corrected chi connectivity index (χ2v) is 6.32. The van der Waals surface area contributed by atoms with E-state index in [1.54, 1.807) is 30.5 Å². The molecule has 2 aromatic carbocycles. The van der Waals surface area contributed by atoms with Gasteiger partial charge in [0, 0.05) is 27.1 Å². The molecule has 1 heterocycles. The second kappa shape index (κ2) is 7.01. The van der Waals surface area contributed by atoms with Crippen LogP contribution in [0.2, 0.25) is 0 Å². The third-order valence-corrected chi connectivity index (χ3v) is 4.43. The first kappa shape index (κ1) is 16.5. The largest absolute Gasteiger partial charge is 0.454 e. The average Bonchev–Trinajstić information content (AvgIpc) is 3.04. The van der Waals surface area contributed by atoms with Crippen LogP contribution in [0.5, 0.6) is 0 Å². The van der Waals surface area contributed by atoms with Crippen molar-refractivity contribution in [3.8, 4) is 0 Å². The fraction of sp³-hybridized carbons (Fsp3) is 0.158. The number of benzene rings is 2. The summed E-state index contributed by atoms with van der Waals surface area (Å²) in [5, 5.41) is 0.860. The van der Waals surface area contributed by atoms with Crippen molar-refractivity contribution in [3.63, 3.8) is 0 Å². The fourth-order valence-corrected chi connectivity index (χ4v) is 2.88. The standard InChI is InChI=1S/C19H16BrNO3/c1-2-12-4-3-5-15-16(10-21-18(12)15)17(22)11-24-19(23)13-6-8-14(20)9-7-13/h3-10,21H,2,11H2,1H3. The fourth-order valence-electron chi connectivity index (χ4n) is 2.62. The molecule has 3 aromatic rings. The minimum absolute atomic E-state index is 0.222. The highest BCUT2D eigenvalue weighted by Crippen LogP contribution is 2.22. The number of hydrogen-bond acceptors (Lipinski definition) is 3. The number of ketones is 1. The number of carbonyl (C=O) groups excluding carboxylic acids is 2. The first-order chi connectivity index (χ1) is 11.6. The molecule has 0 radical (unpaired) electrons. The minimum atomic E-state index is -0.509. The number of fused-ring (bicyclic) bond motifs is 1. The number of aromatic nitrogens is 1. The molecule has 0 unspecified atom stereocenters. The molecule has 24 heavy (non-hydrogen) atoms. The van der Waals surface area contributed by atoms with Gasteiger partial charge in [-0.15, -0.1) is 0 Å². The van der Waals surface area contributed by atoms with Crippen molar-refractivity contribution >= 4 is 38.6 Å². The minimum Gasteiger partial charge on any atom is -0.454 e. The van der Waals surface area contributed by atoms with Gasteiger partial charge in [0.15, 0.2) is 6.61 Å². The van der Waals surface area contributed by atoms with E-state index in [4.69, 9.17) is 4.74 Å². The van der Waals surface area contributed by atoms with E-state index < -0.39 is 5.97 Å². The number of rotatable bonds is 5. The lowest BCUT2D eigenvalue weighted by atomic mass is 10.1. The number of ether oxygens (including phenoxy) is 1. The molecule has 1 aromatic heterocycles. The van der Waals surface area contributed by atoms with Crippen LogP contribution >= 0.6 is 15.9 Å². The molecule has 0 fully saturated rings. The van der Waals surface area contributed by atoms with Gasteiger partial charge in [-0.1, -0.05) is 41.1 Å². The summed E-state index contributed by atoms with van der Waals surface area (Å²) in [5.74, 6) is -0.732. The van der Waals surface area contributed by atoms with Gasteiger partial charge in [0.05, 0.1) is 5.56 Å². The molecule has 0 aliphatic carbocycles. The van der Waals surface area contributed by atoms with Crippen LogP contribution in [0.15, 0.2) is 53.1 Å². The van der Waals surface area contributed by atoms with Crippen LogP contribution in [-0.4, -0.2) is 23.3 Å². The monoisotopic (exact) mass is 385 g/mol. The van der Waals surface area contributed by atoms with Crippen LogP contribution in [0, 0.1) is 0 Å². The Morgan fingerprint density at radius 2 is 1.88 bits per heavy atom. The maximum absolute atomic E-state index is 12.4. The van der Waals surface area contributed by atoms with Crippen LogP contribution in [-0.2, 0) is 11.2 Å². The summed E-state index contributed by atoms with van der Waals surface area (Å²) >= 11 is 3.31. The van der Waals surface area contributed by atoms with Gasteiger partial charge in [-0.05, 0) is 36.2 Å². The quantitative estimate of drug-likeness (QED) is 0.518. The zero-order valence-corrected chi connectivity index (χ0v) is 14.7. The Bertz CT molecular complexity index is 897. The molecule has 0 aliphatic rings. The van der Waals surface area contributed by atoms with E-state index in [2.05, 4.69) is 27.8 Å². The van der Waals surface area contributed by atoms with Crippen LogP contribution in [0.4, 0.5) is 0 Å². The summed E-state index contributed by atoms with van der Waals surface area (Å²) < 4.78 is 6.02. The van der Waals surface area contributed by atoms with Gasteiger partial charge >= 0.3 is 5.97 Å². The van der Waals surface area contributed by atoms with Gasteiger partial charge in [0.2, 0.25) is 5.78 Å². The van der Waals surface area contributed by atoms with Crippen molar-refractivity contribution in [2.24, 2.45) is 0 Å². The molecule has 5 heteroatoms. The van der Waals surface area contributed by atoms with Crippen molar-refractivity contribution in [3.05, 3.63) is 69.8 Å². The van der Waals surface area contributed by atoms with Gasteiger partial charge in [-0.3, -0.25) is 4.79 Å². The highest BCUT2D eigenvalue weighted by Gasteiger charge is 2.16. The molecule has 122 valence electrons. The summed E-state index contributed by atoms with van der Waals surface area (Å²) in [6, 6.07) is 12.7. The van der Waals surface area contributed by atoms with E-state index in [9.17, 15) is 9.59 Å². The maximum atomic E-state index is 12.4. The van der Waals surface area contributed by atoms with E-state index in [0.717, 1.165) is 27.4 Å². The zero-order valence-electron chi connectivity index (χ0n) is 13.1. The van der Waals surface area contributed by atoms with E-state index in [1.807, 2.05) is 18.2 Å². The Morgan fingerprint density at radius 1 is 1.12 bits per heavy atom. The molecule has 3 rings (SSSR count). The molecule has 0 spiro atoms.